The highest BCUT2D eigenvalue weighted by Crippen LogP contribution is 2.56. The van der Waals surface area contributed by atoms with Crippen molar-refractivity contribution >= 4 is 11.9 Å². The highest BCUT2D eigenvalue weighted by Gasteiger charge is 2.63. The van der Waals surface area contributed by atoms with Gasteiger partial charge < -0.3 is 52.5 Å². The maximum atomic E-state index is 12.7. The van der Waals surface area contributed by atoms with Crippen LogP contribution in [0.1, 0.15) is 132 Å². The van der Waals surface area contributed by atoms with Crippen molar-refractivity contribution in [3.63, 3.8) is 0 Å². The molecule has 6 heterocycles. The summed E-state index contributed by atoms with van der Waals surface area (Å²) in [7, 11) is 3.19. The number of carboxylic acid groups (broad SMARTS) is 1. The molecule has 1 aromatic rings. The van der Waals surface area contributed by atoms with Gasteiger partial charge in [-0.1, -0.05) is 60.6 Å². The molecule has 338 valence electrons. The van der Waals surface area contributed by atoms with Crippen LogP contribution in [0.25, 0.3) is 0 Å². The Morgan fingerprint density at radius 3 is 2.32 bits per heavy atom. The van der Waals surface area contributed by atoms with E-state index in [2.05, 4.69) is 34.6 Å². The third-order valence-electron chi connectivity index (χ3n) is 15.5. The maximum Gasteiger partial charge on any atom is 0.308 e. The molecule has 13 heteroatoms. The molecule has 18 atom stereocenters. The van der Waals surface area contributed by atoms with Crippen LogP contribution in [-0.2, 0) is 52.2 Å². The van der Waals surface area contributed by atoms with Gasteiger partial charge in [-0.3, -0.25) is 9.59 Å². The quantitative estimate of drug-likeness (QED) is 0.192. The van der Waals surface area contributed by atoms with E-state index in [-0.39, 0.29) is 66.4 Å². The average molecular weight is 845 g/mol. The van der Waals surface area contributed by atoms with E-state index in [4.69, 9.17) is 47.4 Å². The summed E-state index contributed by atoms with van der Waals surface area (Å²) in [6, 6.07) is 7.78. The van der Waals surface area contributed by atoms with Crippen LogP contribution >= 0.6 is 0 Å². The third kappa shape index (κ3) is 8.40. The first-order valence-corrected chi connectivity index (χ1v) is 22.7. The SMILES string of the molecule is CCC(=O)O[C@H]1C[C@]2(CC[C@](C)([C@H]3CC[C@@](CC)([C@@H]4O[C@H]([C@H]5O[C@@]6(CO[C@@H](c7ccc(OC)cc7)O6)[C@H](C)C[C@@H]5C)C[C@@H]4C)O3)O2)O[C@H]([C@@H](C)[C@@H](OC)[C@H](C)C(=O)O)[C@@H]1C. The number of carbonyl (C=O) groups excluding carboxylic acids is 1. The number of carbonyl (C=O) groups is 2. The second kappa shape index (κ2) is 17.7. The predicted octanol–water partition coefficient (Wildman–Crippen LogP) is 8.00. The van der Waals surface area contributed by atoms with E-state index in [1.54, 1.807) is 21.0 Å². The molecule has 0 aromatic heterocycles. The Kier molecular flexibility index (Phi) is 13.4. The largest absolute Gasteiger partial charge is 0.497 e. The molecule has 60 heavy (non-hydrogen) atoms. The van der Waals surface area contributed by atoms with Gasteiger partial charge in [-0.25, -0.2) is 0 Å². The lowest BCUT2D eigenvalue weighted by Crippen LogP contribution is -2.57. The van der Waals surface area contributed by atoms with Crippen molar-refractivity contribution in [2.75, 3.05) is 20.8 Å². The average Bonchev–Trinajstić information content (AvgIpc) is 4.03. The number of hydrogen-bond donors (Lipinski definition) is 1. The molecule has 1 aromatic carbocycles. The molecule has 2 spiro atoms. The van der Waals surface area contributed by atoms with Gasteiger partial charge in [-0.05, 0) is 76.3 Å². The Balaban J connectivity index is 1.05. The first kappa shape index (κ1) is 45.7. The molecular formula is C47H72O13. The molecule has 0 aliphatic carbocycles. The highest BCUT2D eigenvalue weighted by molar-refractivity contribution is 5.70. The summed E-state index contributed by atoms with van der Waals surface area (Å²) in [5.74, 6) is -3.01. The van der Waals surface area contributed by atoms with Crippen molar-refractivity contribution < 1.29 is 62.1 Å². The van der Waals surface area contributed by atoms with Crippen LogP contribution in [0, 0.1) is 35.5 Å². The molecule has 13 nitrogen and oxygen atoms in total. The molecule has 1 N–H and O–H groups in total. The van der Waals surface area contributed by atoms with Crippen molar-refractivity contribution in [1.29, 1.82) is 0 Å². The maximum absolute atomic E-state index is 12.7. The van der Waals surface area contributed by atoms with E-state index < -0.39 is 59.3 Å². The normalized spacial score (nSPS) is 44.5. The summed E-state index contributed by atoms with van der Waals surface area (Å²) < 4.78 is 65.7. The van der Waals surface area contributed by atoms with E-state index in [0.717, 1.165) is 43.4 Å². The van der Waals surface area contributed by atoms with Gasteiger partial charge in [-0.15, -0.1) is 0 Å². The van der Waals surface area contributed by atoms with Gasteiger partial charge in [0, 0.05) is 49.7 Å². The number of ether oxygens (including phenoxy) is 10. The van der Waals surface area contributed by atoms with Gasteiger partial charge in [0.05, 0.1) is 60.9 Å². The fourth-order valence-electron chi connectivity index (χ4n) is 11.8. The minimum absolute atomic E-state index is 0.125. The van der Waals surface area contributed by atoms with Crippen molar-refractivity contribution in [2.24, 2.45) is 35.5 Å². The summed E-state index contributed by atoms with van der Waals surface area (Å²) in [4.78, 5) is 24.8. The van der Waals surface area contributed by atoms with Gasteiger partial charge >= 0.3 is 11.9 Å². The molecule has 6 saturated heterocycles. The minimum Gasteiger partial charge on any atom is -0.497 e. The van der Waals surface area contributed by atoms with E-state index in [1.807, 2.05) is 38.1 Å². The van der Waals surface area contributed by atoms with Crippen LogP contribution in [0.5, 0.6) is 5.75 Å². The Morgan fingerprint density at radius 2 is 1.67 bits per heavy atom. The van der Waals surface area contributed by atoms with Crippen molar-refractivity contribution in [3.05, 3.63) is 29.8 Å². The lowest BCUT2D eigenvalue weighted by molar-refractivity contribution is -0.336. The molecule has 0 radical (unpaired) electrons. The zero-order chi connectivity index (χ0) is 43.4. The molecule has 0 amide bonds. The van der Waals surface area contributed by atoms with Crippen LogP contribution in [0.2, 0.25) is 0 Å². The standard InChI is InChI=1S/C47H72O13/c1-12-37(48)54-35-24-46(57-40(29(35)6)30(7)39(52-11)31(8)42(49)50)21-20-44(9,60-46)36-18-19-45(13-2,56-36)41-27(4)23-34(55-41)38-26(3)22-28(5)47(58-38)25-53-43(59-47)32-14-16-33(51-10)17-15-32/h14-17,26-31,34-36,38-41,43H,12-13,18-25H2,1-11H3,(H,49,50)/t26-,27-,28+,29+,30-,31-,34-,35-,36+,38-,39+,40-,41+,43+,44+,45-,46+,47+/m0/s1. The summed E-state index contributed by atoms with van der Waals surface area (Å²) in [5.41, 5.74) is -0.255. The van der Waals surface area contributed by atoms with E-state index in [9.17, 15) is 14.7 Å². The number of aliphatic carboxylic acids is 1. The fourth-order valence-corrected chi connectivity index (χ4v) is 11.8. The summed E-state index contributed by atoms with van der Waals surface area (Å²) in [6.07, 6.45) is 3.41. The zero-order valence-corrected chi connectivity index (χ0v) is 37.8. The molecule has 6 aliphatic heterocycles. The second-order valence-corrected chi connectivity index (χ2v) is 19.5. The number of esters is 1. The molecule has 0 bridgehead atoms. The van der Waals surface area contributed by atoms with Gasteiger partial charge in [-0.2, -0.15) is 0 Å². The van der Waals surface area contributed by atoms with E-state index >= 15 is 0 Å². The number of rotatable bonds is 13. The molecular weight excluding hydrogens is 773 g/mol. The van der Waals surface area contributed by atoms with Crippen LogP contribution in [0.15, 0.2) is 24.3 Å². The molecule has 0 unspecified atom stereocenters. The van der Waals surface area contributed by atoms with Crippen LogP contribution in [-0.4, -0.2) is 103 Å². The van der Waals surface area contributed by atoms with Crippen LogP contribution in [0.4, 0.5) is 0 Å². The lowest BCUT2D eigenvalue weighted by atomic mass is 9.78. The Bertz CT molecular complexity index is 1660. The van der Waals surface area contributed by atoms with Crippen LogP contribution < -0.4 is 4.74 Å². The topological polar surface area (TPSA) is 147 Å². The first-order chi connectivity index (χ1) is 28.4. The number of carboxylic acids is 1. The minimum atomic E-state index is -1.04. The van der Waals surface area contributed by atoms with Crippen molar-refractivity contribution in [2.45, 2.75) is 192 Å². The van der Waals surface area contributed by atoms with Gasteiger partial charge in [0.15, 0.2) is 17.9 Å². The molecule has 6 fully saturated rings. The van der Waals surface area contributed by atoms with Gasteiger partial charge in [0.25, 0.3) is 0 Å². The van der Waals surface area contributed by atoms with E-state index in [0.29, 0.717) is 25.9 Å². The third-order valence-corrected chi connectivity index (χ3v) is 15.5. The van der Waals surface area contributed by atoms with Crippen LogP contribution in [0.3, 0.4) is 0 Å². The number of benzene rings is 1. The zero-order valence-electron chi connectivity index (χ0n) is 37.8. The Labute approximate surface area is 357 Å². The predicted molar refractivity (Wildman–Crippen MR) is 220 cm³/mol. The smallest absolute Gasteiger partial charge is 0.308 e. The van der Waals surface area contributed by atoms with Gasteiger partial charge in [0.1, 0.15) is 18.5 Å². The number of hydrogen-bond acceptors (Lipinski definition) is 12. The molecule has 6 aliphatic rings. The fraction of sp³-hybridized carbons (Fsp3) is 0.830. The van der Waals surface area contributed by atoms with E-state index in [1.165, 1.54) is 7.11 Å². The Hall–Kier alpha value is -2.36. The van der Waals surface area contributed by atoms with Crippen molar-refractivity contribution in [1.82, 2.24) is 0 Å². The molecule has 0 saturated carbocycles. The lowest BCUT2D eigenvalue weighted by Gasteiger charge is -2.49. The summed E-state index contributed by atoms with van der Waals surface area (Å²) in [6.45, 7) is 18.8. The molecule has 7 rings (SSSR count). The summed E-state index contributed by atoms with van der Waals surface area (Å²) in [5, 5.41) is 9.90. The monoisotopic (exact) mass is 844 g/mol. The highest BCUT2D eigenvalue weighted by atomic mass is 16.8. The Morgan fingerprint density at radius 1 is 0.933 bits per heavy atom. The van der Waals surface area contributed by atoms with Crippen molar-refractivity contribution in [3.8, 4) is 5.75 Å². The first-order valence-electron chi connectivity index (χ1n) is 22.7. The number of methoxy groups -OCH3 is 2. The van der Waals surface area contributed by atoms with Gasteiger partial charge in [0.2, 0.25) is 0 Å². The second-order valence-electron chi connectivity index (χ2n) is 19.5. The summed E-state index contributed by atoms with van der Waals surface area (Å²) >= 11 is 0.